The van der Waals surface area contributed by atoms with Crippen molar-refractivity contribution in [3.05, 3.63) is 70.0 Å². The number of hydrogen-bond acceptors (Lipinski definition) is 1. The van der Waals surface area contributed by atoms with Crippen molar-refractivity contribution in [3.8, 4) is 0 Å². The van der Waals surface area contributed by atoms with Gasteiger partial charge in [0, 0.05) is 0 Å². The van der Waals surface area contributed by atoms with Crippen LogP contribution in [-0.2, 0) is 0 Å². The molecule has 2 heteroatoms. The SMILES string of the molecule is CCNC(c1ccc(F)cc1)c1cc(C)c(C)cc1C. The standard InChI is InChI=1S/C18H22FN/c1-5-20-18(15-6-8-16(19)9-7-15)17-11-13(3)12(2)10-14(17)4/h6-11,18,20H,5H2,1-4H3. The van der Waals surface area contributed by atoms with E-state index in [1.807, 2.05) is 12.1 Å². The molecule has 0 aliphatic rings. The first-order valence-electron chi connectivity index (χ1n) is 7.09. The summed E-state index contributed by atoms with van der Waals surface area (Å²) in [5.74, 6) is -0.194. The van der Waals surface area contributed by atoms with Crippen molar-refractivity contribution in [2.75, 3.05) is 6.54 Å². The van der Waals surface area contributed by atoms with Crippen LogP contribution >= 0.6 is 0 Å². The van der Waals surface area contributed by atoms with E-state index in [1.165, 1.54) is 34.4 Å². The van der Waals surface area contributed by atoms with Crippen LogP contribution in [0.15, 0.2) is 36.4 Å². The highest BCUT2D eigenvalue weighted by atomic mass is 19.1. The topological polar surface area (TPSA) is 12.0 Å². The molecule has 0 aliphatic heterocycles. The predicted octanol–water partition coefficient (Wildman–Crippen LogP) is 4.45. The van der Waals surface area contributed by atoms with Crippen molar-refractivity contribution in [2.24, 2.45) is 0 Å². The molecule has 1 N–H and O–H groups in total. The molecule has 1 atom stereocenters. The Bertz CT molecular complexity index is 587. The third-order valence-corrected chi connectivity index (χ3v) is 3.80. The number of halogens is 1. The minimum Gasteiger partial charge on any atom is -0.307 e. The summed E-state index contributed by atoms with van der Waals surface area (Å²) in [6.07, 6.45) is 0. The molecule has 2 aromatic rings. The highest BCUT2D eigenvalue weighted by molar-refractivity contribution is 5.42. The van der Waals surface area contributed by atoms with Gasteiger partial charge in [0.2, 0.25) is 0 Å². The summed E-state index contributed by atoms with van der Waals surface area (Å²) in [6, 6.07) is 11.3. The lowest BCUT2D eigenvalue weighted by Crippen LogP contribution is -2.23. The van der Waals surface area contributed by atoms with Gasteiger partial charge in [0.25, 0.3) is 0 Å². The lowest BCUT2D eigenvalue weighted by atomic mass is 9.91. The van der Waals surface area contributed by atoms with Gasteiger partial charge in [0.1, 0.15) is 5.82 Å². The summed E-state index contributed by atoms with van der Waals surface area (Å²) in [5.41, 5.74) is 6.22. The second-order valence-corrected chi connectivity index (χ2v) is 5.34. The molecular formula is C18H22FN. The van der Waals surface area contributed by atoms with Crippen LogP contribution in [0.4, 0.5) is 4.39 Å². The van der Waals surface area contributed by atoms with Crippen LogP contribution in [0.25, 0.3) is 0 Å². The van der Waals surface area contributed by atoms with Gasteiger partial charge < -0.3 is 5.32 Å². The smallest absolute Gasteiger partial charge is 0.123 e. The lowest BCUT2D eigenvalue weighted by molar-refractivity contribution is 0.612. The van der Waals surface area contributed by atoms with E-state index < -0.39 is 0 Å². The number of nitrogens with one attached hydrogen (secondary N) is 1. The molecule has 0 aliphatic carbocycles. The molecule has 0 radical (unpaired) electrons. The summed E-state index contributed by atoms with van der Waals surface area (Å²) in [4.78, 5) is 0. The first-order valence-corrected chi connectivity index (χ1v) is 7.09. The van der Waals surface area contributed by atoms with Crippen molar-refractivity contribution in [1.82, 2.24) is 5.32 Å². The van der Waals surface area contributed by atoms with Crippen LogP contribution in [0.2, 0.25) is 0 Å². The molecule has 2 aromatic carbocycles. The van der Waals surface area contributed by atoms with Gasteiger partial charge in [-0.25, -0.2) is 4.39 Å². The van der Waals surface area contributed by atoms with Crippen molar-refractivity contribution < 1.29 is 4.39 Å². The molecule has 0 fully saturated rings. The second-order valence-electron chi connectivity index (χ2n) is 5.34. The fourth-order valence-electron chi connectivity index (χ4n) is 2.56. The zero-order valence-corrected chi connectivity index (χ0v) is 12.6. The maximum absolute atomic E-state index is 13.1. The highest BCUT2D eigenvalue weighted by Gasteiger charge is 2.16. The number of benzene rings is 2. The summed E-state index contributed by atoms with van der Waals surface area (Å²) >= 11 is 0. The Hall–Kier alpha value is -1.67. The largest absolute Gasteiger partial charge is 0.307 e. The molecule has 1 nitrogen and oxygen atoms in total. The van der Waals surface area contributed by atoms with Crippen LogP contribution in [0.3, 0.4) is 0 Å². The Morgan fingerprint density at radius 2 is 1.55 bits per heavy atom. The molecule has 0 spiro atoms. The average molecular weight is 271 g/mol. The van der Waals surface area contributed by atoms with Crippen molar-refractivity contribution in [3.63, 3.8) is 0 Å². The van der Waals surface area contributed by atoms with Crippen LogP contribution in [0, 0.1) is 26.6 Å². The van der Waals surface area contributed by atoms with Crippen LogP contribution in [-0.4, -0.2) is 6.54 Å². The Morgan fingerprint density at radius 1 is 0.950 bits per heavy atom. The van der Waals surface area contributed by atoms with E-state index in [1.54, 1.807) is 0 Å². The molecule has 0 saturated heterocycles. The number of rotatable bonds is 4. The Labute approximate surface area is 120 Å². The first kappa shape index (κ1) is 14.7. The minimum absolute atomic E-state index is 0.111. The van der Waals surface area contributed by atoms with E-state index in [-0.39, 0.29) is 11.9 Å². The third kappa shape index (κ3) is 3.07. The monoisotopic (exact) mass is 271 g/mol. The third-order valence-electron chi connectivity index (χ3n) is 3.80. The van der Waals surface area contributed by atoms with Crippen LogP contribution in [0.1, 0.15) is 40.8 Å². The molecule has 1 unspecified atom stereocenters. The summed E-state index contributed by atoms with van der Waals surface area (Å²) < 4.78 is 13.1. The van der Waals surface area contributed by atoms with Gasteiger partial charge in [0.15, 0.2) is 0 Å². The Kier molecular flexibility index (Phi) is 4.56. The zero-order valence-electron chi connectivity index (χ0n) is 12.6. The van der Waals surface area contributed by atoms with Crippen LogP contribution in [0.5, 0.6) is 0 Å². The van der Waals surface area contributed by atoms with E-state index >= 15 is 0 Å². The maximum atomic E-state index is 13.1. The summed E-state index contributed by atoms with van der Waals surface area (Å²) in [6.45, 7) is 9.36. The first-order chi connectivity index (χ1) is 9.52. The van der Waals surface area contributed by atoms with Gasteiger partial charge in [-0.3, -0.25) is 0 Å². The van der Waals surface area contributed by atoms with Gasteiger partial charge in [-0.1, -0.05) is 31.2 Å². The fraction of sp³-hybridized carbons (Fsp3) is 0.333. The summed E-state index contributed by atoms with van der Waals surface area (Å²) in [5, 5.41) is 3.50. The minimum atomic E-state index is -0.194. The molecule has 20 heavy (non-hydrogen) atoms. The van der Waals surface area contributed by atoms with Crippen molar-refractivity contribution >= 4 is 0 Å². The second kappa shape index (κ2) is 6.19. The highest BCUT2D eigenvalue weighted by Crippen LogP contribution is 2.27. The fourth-order valence-corrected chi connectivity index (χ4v) is 2.56. The molecule has 106 valence electrons. The molecule has 0 heterocycles. The van der Waals surface area contributed by atoms with E-state index in [2.05, 4.69) is 45.1 Å². The molecule has 0 saturated carbocycles. The van der Waals surface area contributed by atoms with E-state index in [0.29, 0.717) is 0 Å². The molecule has 0 amide bonds. The average Bonchev–Trinajstić information content (AvgIpc) is 2.42. The van der Waals surface area contributed by atoms with Crippen molar-refractivity contribution in [2.45, 2.75) is 33.7 Å². The van der Waals surface area contributed by atoms with Gasteiger partial charge in [-0.15, -0.1) is 0 Å². The van der Waals surface area contributed by atoms with E-state index in [9.17, 15) is 4.39 Å². The van der Waals surface area contributed by atoms with Crippen molar-refractivity contribution in [1.29, 1.82) is 0 Å². The number of hydrogen-bond donors (Lipinski definition) is 1. The normalized spacial score (nSPS) is 12.4. The Morgan fingerprint density at radius 3 is 2.15 bits per heavy atom. The summed E-state index contributed by atoms with van der Waals surface area (Å²) in [7, 11) is 0. The molecular weight excluding hydrogens is 249 g/mol. The van der Waals surface area contributed by atoms with Gasteiger partial charge in [-0.05, 0) is 67.3 Å². The quantitative estimate of drug-likeness (QED) is 0.866. The van der Waals surface area contributed by atoms with Crippen LogP contribution < -0.4 is 5.32 Å². The van der Waals surface area contributed by atoms with E-state index in [0.717, 1.165) is 12.1 Å². The maximum Gasteiger partial charge on any atom is 0.123 e. The zero-order chi connectivity index (χ0) is 14.7. The van der Waals surface area contributed by atoms with Gasteiger partial charge in [0.05, 0.1) is 6.04 Å². The predicted molar refractivity (Wildman–Crippen MR) is 82.6 cm³/mol. The Balaban J connectivity index is 2.48. The van der Waals surface area contributed by atoms with Gasteiger partial charge in [-0.2, -0.15) is 0 Å². The van der Waals surface area contributed by atoms with Gasteiger partial charge >= 0.3 is 0 Å². The van der Waals surface area contributed by atoms with E-state index in [4.69, 9.17) is 0 Å². The lowest BCUT2D eigenvalue weighted by Gasteiger charge is -2.22. The molecule has 0 bridgehead atoms. The molecule has 2 rings (SSSR count). The molecule has 0 aromatic heterocycles. The number of aryl methyl sites for hydroxylation is 3.